The fourth-order valence-electron chi connectivity index (χ4n) is 2.60. The second-order valence-electron chi connectivity index (χ2n) is 5.50. The Morgan fingerprint density at radius 2 is 1.77 bits per heavy atom. The Morgan fingerprint density at radius 3 is 2.41 bits per heavy atom. The first-order chi connectivity index (χ1) is 10.7. The largest absolute Gasteiger partial charge is 0.396 e. The zero-order chi connectivity index (χ0) is 15.8. The Kier molecular flexibility index (Phi) is 6.76. The highest BCUT2D eigenvalue weighted by atomic mass is 19.1. The van der Waals surface area contributed by atoms with Crippen LogP contribution in [0.4, 0.5) is 4.39 Å². The summed E-state index contributed by atoms with van der Waals surface area (Å²) in [4.78, 5) is 16.5. The molecule has 1 aromatic rings. The third-order valence-electron chi connectivity index (χ3n) is 3.93. The zero-order valence-electron chi connectivity index (χ0n) is 12.8. The number of carbonyl (C=O) groups excluding carboxylic acids is 1. The van der Waals surface area contributed by atoms with Gasteiger partial charge in [0.1, 0.15) is 5.82 Å². The number of nitrogens with one attached hydrogen (secondary N) is 1. The number of halogens is 1. The predicted molar refractivity (Wildman–Crippen MR) is 83.3 cm³/mol. The minimum Gasteiger partial charge on any atom is -0.396 e. The first-order valence-corrected chi connectivity index (χ1v) is 7.79. The van der Waals surface area contributed by atoms with E-state index in [0.29, 0.717) is 6.54 Å². The number of aliphatic hydroxyl groups excluding tert-OH is 1. The van der Waals surface area contributed by atoms with Crippen molar-refractivity contribution in [3.63, 3.8) is 0 Å². The third-order valence-corrected chi connectivity index (χ3v) is 3.93. The van der Waals surface area contributed by atoms with Crippen molar-refractivity contribution in [1.82, 2.24) is 15.1 Å². The van der Waals surface area contributed by atoms with Crippen LogP contribution < -0.4 is 5.32 Å². The molecule has 0 saturated carbocycles. The zero-order valence-corrected chi connectivity index (χ0v) is 12.8. The maximum atomic E-state index is 13.5. The summed E-state index contributed by atoms with van der Waals surface area (Å²) in [6.07, 6.45) is 0.818. The molecule has 0 spiro atoms. The van der Waals surface area contributed by atoms with Crippen molar-refractivity contribution in [2.24, 2.45) is 0 Å². The Labute approximate surface area is 130 Å². The highest BCUT2D eigenvalue weighted by Gasteiger charge is 2.16. The van der Waals surface area contributed by atoms with Gasteiger partial charge in [-0.1, -0.05) is 12.1 Å². The summed E-state index contributed by atoms with van der Waals surface area (Å²) in [5.74, 6) is -0.850. The molecule has 0 aliphatic carbocycles. The molecule has 1 amide bonds. The number of aliphatic hydroxyl groups is 1. The predicted octanol–water partition coefficient (Wildman–Crippen LogP) is 0.556. The molecular weight excluding hydrogens is 285 g/mol. The Balaban J connectivity index is 1.65. The maximum Gasteiger partial charge on any atom is 0.254 e. The van der Waals surface area contributed by atoms with Gasteiger partial charge in [-0.2, -0.15) is 0 Å². The first-order valence-electron chi connectivity index (χ1n) is 7.79. The molecule has 0 unspecified atom stereocenters. The SMILES string of the molecule is O=C(NCCN1CCN(CCCO)CC1)c1ccccc1F. The molecular formula is C16H24FN3O2. The summed E-state index contributed by atoms with van der Waals surface area (Å²) >= 11 is 0. The van der Waals surface area contributed by atoms with E-state index in [1.165, 1.54) is 12.1 Å². The number of carbonyl (C=O) groups is 1. The molecule has 1 aromatic carbocycles. The summed E-state index contributed by atoms with van der Waals surface area (Å²) in [7, 11) is 0. The lowest BCUT2D eigenvalue weighted by atomic mass is 10.2. The second-order valence-corrected chi connectivity index (χ2v) is 5.50. The fourth-order valence-corrected chi connectivity index (χ4v) is 2.60. The van der Waals surface area contributed by atoms with Crippen LogP contribution in [0.3, 0.4) is 0 Å². The normalized spacial score (nSPS) is 16.6. The molecule has 0 aromatic heterocycles. The van der Waals surface area contributed by atoms with Crippen molar-refractivity contribution in [3.05, 3.63) is 35.6 Å². The topological polar surface area (TPSA) is 55.8 Å². The van der Waals surface area contributed by atoms with Crippen LogP contribution in [0.2, 0.25) is 0 Å². The number of benzene rings is 1. The van der Waals surface area contributed by atoms with Crippen molar-refractivity contribution in [1.29, 1.82) is 0 Å². The Bertz CT molecular complexity index is 476. The summed E-state index contributed by atoms with van der Waals surface area (Å²) in [6, 6.07) is 6.01. The Hall–Kier alpha value is -1.50. The average Bonchev–Trinajstić information content (AvgIpc) is 2.54. The van der Waals surface area contributed by atoms with Gasteiger partial charge in [-0.05, 0) is 18.6 Å². The molecule has 6 heteroatoms. The Morgan fingerprint density at radius 1 is 1.14 bits per heavy atom. The van der Waals surface area contributed by atoms with Crippen LogP contribution in [0, 0.1) is 5.82 Å². The van der Waals surface area contributed by atoms with Crippen LogP contribution in [0.25, 0.3) is 0 Å². The van der Waals surface area contributed by atoms with E-state index < -0.39 is 5.82 Å². The van der Waals surface area contributed by atoms with Gasteiger partial charge in [-0.25, -0.2) is 4.39 Å². The van der Waals surface area contributed by atoms with E-state index in [4.69, 9.17) is 5.11 Å². The molecule has 2 rings (SSSR count). The van der Waals surface area contributed by atoms with Crippen LogP contribution in [0.5, 0.6) is 0 Å². The van der Waals surface area contributed by atoms with Gasteiger partial charge in [-0.15, -0.1) is 0 Å². The van der Waals surface area contributed by atoms with Crippen molar-refractivity contribution in [3.8, 4) is 0 Å². The average molecular weight is 309 g/mol. The van der Waals surface area contributed by atoms with Crippen LogP contribution in [0.1, 0.15) is 16.8 Å². The van der Waals surface area contributed by atoms with Crippen LogP contribution in [0.15, 0.2) is 24.3 Å². The summed E-state index contributed by atoms with van der Waals surface area (Å²) in [5.41, 5.74) is 0.0938. The van der Waals surface area contributed by atoms with Gasteiger partial charge in [0.15, 0.2) is 0 Å². The lowest BCUT2D eigenvalue weighted by molar-refractivity contribution is 0.0930. The molecule has 1 fully saturated rings. The minimum atomic E-state index is -0.488. The molecule has 5 nitrogen and oxygen atoms in total. The van der Waals surface area contributed by atoms with E-state index in [9.17, 15) is 9.18 Å². The molecule has 0 atom stereocenters. The molecule has 1 heterocycles. The summed E-state index contributed by atoms with van der Waals surface area (Å²) in [5, 5.41) is 11.6. The van der Waals surface area contributed by atoms with Gasteiger partial charge in [0.05, 0.1) is 5.56 Å². The molecule has 2 N–H and O–H groups in total. The van der Waals surface area contributed by atoms with E-state index in [1.54, 1.807) is 12.1 Å². The standard InChI is InChI=1S/C16H24FN3O2/c17-15-5-2-1-4-14(15)16(22)18-6-8-20-11-9-19(10-12-20)7-3-13-21/h1-2,4-5,21H,3,6-13H2,(H,18,22). The van der Waals surface area contributed by atoms with E-state index in [1.807, 2.05) is 0 Å². The lowest BCUT2D eigenvalue weighted by Crippen LogP contribution is -2.48. The number of piperazine rings is 1. The van der Waals surface area contributed by atoms with Crippen molar-refractivity contribution < 1.29 is 14.3 Å². The first kappa shape index (κ1) is 16.9. The van der Waals surface area contributed by atoms with Gasteiger partial charge < -0.3 is 15.3 Å². The third kappa shape index (κ3) is 5.05. The summed E-state index contributed by atoms with van der Waals surface area (Å²) < 4.78 is 13.5. The number of nitrogens with zero attached hydrogens (tertiary/aromatic N) is 2. The van der Waals surface area contributed by atoms with Crippen LogP contribution in [-0.4, -0.2) is 73.2 Å². The van der Waals surface area contributed by atoms with Crippen molar-refractivity contribution in [2.75, 3.05) is 52.4 Å². The van der Waals surface area contributed by atoms with Gasteiger partial charge in [-0.3, -0.25) is 9.69 Å². The number of rotatable bonds is 7. The van der Waals surface area contributed by atoms with Gasteiger partial charge >= 0.3 is 0 Å². The molecule has 1 aliphatic rings. The fraction of sp³-hybridized carbons (Fsp3) is 0.562. The summed E-state index contributed by atoms with van der Waals surface area (Å²) in [6.45, 7) is 6.36. The molecule has 1 aliphatic heterocycles. The highest BCUT2D eigenvalue weighted by molar-refractivity contribution is 5.94. The van der Waals surface area contributed by atoms with Crippen LogP contribution >= 0.6 is 0 Å². The van der Waals surface area contributed by atoms with Gasteiger partial charge in [0.25, 0.3) is 5.91 Å². The quantitative estimate of drug-likeness (QED) is 0.773. The van der Waals surface area contributed by atoms with E-state index in [-0.39, 0.29) is 18.1 Å². The molecule has 122 valence electrons. The van der Waals surface area contributed by atoms with E-state index in [2.05, 4.69) is 15.1 Å². The molecule has 0 radical (unpaired) electrons. The smallest absolute Gasteiger partial charge is 0.254 e. The van der Waals surface area contributed by atoms with Crippen molar-refractivity contribution >= 4 is 5.91 Å². The van der Waals surface area contributed by atoms with Crippen molar-refractivity contribution in [2.45, 2.75) is 6.42 Å². The highest BCUT2D eigenvalue weighted by Crippen LogP contribution is 2.06. The molecule has 22 heavy (non-hydrogen) atoms. The number of hydrogen-bond acceptors (Lipinski definition) is 4. The van der Waals surface area contributed by atoms with E-state index in [0.717, 1.165) is 45.7 Å². The number of amides is 1. The van der Waals surface area contributed by atoms with Gasteiger partial charge in [0.2, 0.25) is 0 Å². The number of hydrogen-bond donors (Lipinski definition) is 2. The monoisotopic (exact) mass is 309 g/mol. The minimum absolute atomic E-state index is 0.0938. The molecule has 1 saturated heterocycles. The second kappa shape index (κ2) is 8.82. The maximum absolute atomic E-state index is 13.5. The lowest BCUT2D eigenvalue weighted by Gasteiger charge is -2.34. The van der Waals surface area contributed by atoms with E-state index >= 15 is 0 Å². The van der Waals surface area contributed by atoms with Crippen LogP contribution in [-0.2, 0) is 0 Å². The molecule has 0 bridgehead atoms. The van der Waals surface area contributed by atoms with Gasteiger partial charge in [0, 0.05) is 52.4 Å².